The van der Waals surface area contributed by atoms with Crippen molar-refractivity contribution >= 4 is 11.6 Å². The quantitative estimate of drug-likeness (QED) is 0.877. The molecule has 0 aromatic heterocycles. The molecule has 3 nitrogen and oxygen atoms in total. The van der Waals surface area contributed by atoms with Crippen LogP contribution in [0.4, 0.5) is 5.69 Å². The van der Waals surface area contributed by atoms with Crippen LogP contribution < -0.4 is 10.6 Å². The molecule has 3 heteroatoms. The Labute approximate surface area is 126 Å². The second-order valence-electron chi connectivity index (χ2n) is 5.40. The van der Waals surface area contributed by atoms with Crippen molar-refractivity contribution < 1.29 is 4.79 Å². The summed E-state index contributed by atoms with van der Waals surface area (Å²) in [5, 5.41) is 6.01. The molecule has 2 aromatic rings. The van der Waals surface area contributed by atoms with Gasteiger partial charge in [0.25, 0.3) is 0 Å². The molecule has 0 fully saturated rings. The van der Waals surface area contributed by atoms with Gasteiger partial charge in [-0.05, 0) is 36.2 Å². The minimum absolute atomic E-state index is 0.0546. The van der Waals surface area contributed by atoms with Crippen LogP contribution in [-0.2, 0) is 4.79 Å². The lowest BCUT2D eigenvalue weighted by Crippen LogP contribution is -2.30. The van der Waals surface area contributed by atoms with Crippen molar-refractivity contribution in [1.29, 1.82) is 0 Å². The molecule has 2 aromatic carbocycles. The Bertz CT molecular complexity index is 576. The highest BCUT2D eigenvalue weighted by atomic mass is 16.2. The van der Waals surface area contributed by atoms with Crippen molar-refractivity contribution in [3.8, 4) is 0 Å². The molecule has 0 bridgehead atoms. The molecular weight excluding hydrogens is 260 g/mol. The van der Waals surface area contributed by atoms with Crippen LogP contribution in [0.25, 0.3) is 0 Å². The van der Waals surface area contributed by atoms with Crippen molar-refractivity contribution in [2.75, 3.05) is 12.4 Å². The molecule has 1 unspecified atom stereocenters. The zero-order chi connectivity index (χ0) is 15.2. The van der Waals surface area contributed by atoms with Gasteiger partial charge >= 0.3 is 0 Å². The van der Waals surface area contributed by atoms with Crippen molar-refractivity contribution in [3.63, 3.8) is 0 Å². The molecular formula is C18H22N2O. The van der Waals surface area contributed by atoms with Gasteiger partial charge in [-0.25, -0.2) is 0 Å². The molecule has 21 heavy (non-hydrogen) atoms. The lowest BCUT2D eigenvalue weighted by molar-refractivity contribution is -0.118. The van der Waals surface area contributed by atoms with Crippen LogP contribution >= 0.6 is 0 Å². The third-order valence-corrected chi connectivity index (χ3v) is 3.53. The summed E-state index contributed by atoms with van der Waals surface area (Å²) in [7, 11) is 1.79. The van der Waals surface area contributed by atoms with E-state index in [2.05, 4.69) is 36.6 Å². The smallest absolute Gasteiger partial charge is 0.246 e. The number of anilines is 1. The van der Waals surface area contributed by atoms with Crippen molar-refractivity contribution in [2.24, 2.45) is 0 Å². The van der Waals surface area contributed by atoms with Crippen LogP contribution in [0.5, 0.6) is 0 Å². The largest absolute Gasteiger partial charge is 0.324 e. The minimum atomic E-state index is -0.351. The van der Waals surface area contributed by atoms with Crippen molar-refractivity contribution in [2.45, 2.75) is 25.8 Å². The van der Waals surface area contributed by atoms with E-state index in [1.54, 1.807) is 7.05 Å². The summed E-state index contributed by atoms with van der Waals surface area (Å²) in [5.74, 6) is 0.435. The predicted octanol–water partition coefficient (Wildman–Crippen LogP) is 3.71. The van der Waals surface area contributed by atoms with Gasteiger partial charge in [0.15, 0.2) is 0 Å². The fourth-order valence-electron chi connectivity index (χ4n) is 2.26. The van der Waals surface area contributed by atoms with Gasteiger partial charge in [0.1, 0.15) is 6.04 Å². The summed E-state index contributed by atoms with van der Waals surface area (Å²) in [6.45, 7) is 4.31. The fraction of sp³-hybridized carbons (Fsp3) is 0.278. The third-order valence-electron chi connectivity index (χ3n) is 3.53. The van der Waals surface area contributed by atoms with Crippen LogP contribution in [0.1, 0.15) is 36.9 Å². The molecule has 0 aliphatic rings. The zero-order valence-electron chi connectivity index (χ0n) is 12.8. The maximum Gasteiger partial charge on any atom is 0.246 e. The number of carbonyl (C=O) groups is 1. The SMILES string of the molecule is CNC(C(=O)Nc1ccc(C(C)C)cc1)c1ccccc1. The molecule has 2 N–H and O–H groups in total. The van der Waals surface area contributed by atoms with E-state index in [9.17, 15) is 4.79 Å². The van der Waals surface area contributed by atoms with Crippen LogP contribution in [0, 0.1) is 0 Å². The first-order valence-electron chi connectivity index (χ1n) is 7.25. The average molecular weight is 282 g/mol. The molecule has 0 saturated heterocycles. The fourth-order valence-corrected chi connectivity index (χ4v) is 2.26. The van der Waals surface area contributed by atoms with E-state index in [1.807, 2.05) is 42.5 Å². The summed E-state index contributed by atoms with van der Waals surface area (Å²) in [5.41, 5.74) is 3.04. The maximum absolute atomic E-state index is 12.4. The van der Waals surface area contributed by atoms with Gasteiger partial charge in [-0.3, -0.25) is 4.79 Å². The first-order chi connectivity index (χ1) is 10.1. The summed E-state index contributed by atoms with van der Waals surface area (Å²) >= 11 is 0. The van der Waals surface area contributed by atoms with Gasteiger partial charge < -0.3 is 10.6 Å². The number of hydrogen-bond donors (Lipinski definition) is 2. The highest BCUT2D eigenvalue weighted by Gasteiger charge is 2.18. The van der Waals surface area contributed by atoms with Crippen LogP contribution in [0.3, 0.4) is 0 Å². The Morgan fingerprint density at radius 2 is 1.52 bits per heavy atom. The number of nitrogens with one attached hydrogen (secondary N) is 2. The third kappa shape index (κ3) is 3.92. The standard InChI is InChI=1S/C18H22N2O/c1-13(2)14-9-11-16(12-10-14)20-18(21)17(19-3)15-7-5-4-6-8-15/h4-13,17,19H,1-3H3,(H,20,21). The van der Waals surface area contributed by atoms with Gasteiger partial charge in [-0.1, -0.05) is 56.3 Å². The van der Waals surface area contributed by atoms with E-state index in [0.717, 1.165) is 11.3 Å². The minimum Gasteiger partial charge on any atom is -0.324 e. The highest BCUT2D eigenvalue weighted by Crippen LogP contribution is 2.19. The lowest BCUT2D eigenvalue weighted by Gasteiger charge is -2.16. The van der Waals surface area contributed by atoms with E-state index < -0.39 is 0 Å². The van der Waals surface area contributed by atoms with Gasteiger partial charge in [0.2, 0.25) is 5.91 Å². The van der Waals surface area contributed by atoms with Crippen molar-refractivity contribution in [3.05, 3.63) is 65.7 Å². The molecule has 0 heterocycles. The summed E-state index contributed by atoms with van der Waals surface area (Å²) in [4.78, 5) is 12.4. The summed E-state index contributed by atoms with van der Waals surface area (Å²) < 4.78 is 0. The molecule has 0 saturated carbocycles. The van der Waals surface area contributed by atoms with Crippen LogP contribution in [0.2, 0.25) is 0 Å². The van der Waals surface area contributed by atoms with Crippen LogP contribution in [0.15, 0.2) is 54.6 Å². The summed E-state index contributed by atoms with van der Waals surface area (Å²) in [6, 6.07) is 17.4. The zero-order valence-corrected chi connectivity index (χ0v) is 12.8. The Balaban J connectivity index is 2.09. The molecule has 0 aliphatic heterocycles. The number of likely N-dealkylation sites (N-methyl/N-ethyl adjacent to an activating group) is 1. The van der Waals surface area contributed by atoms with E-state index in [4.69, 9.17) is 0 Å². The van der Waals surface area contributed by atoms with Gasteiger partial charge in [0, 0.05) is 5.69 Å². The van der Waals surface area contributed by atoms with Gasteiger partial charge in [-0.2, -0.15) is 0 Å². The first-order valence-corrected chi connectivity index (χ1v) is 7.25. The highest BCUT2D eigenvalue weighted by molar-refractivity contribution is 5.95. The monoisotopic (exact) mass is 282 g/mol. The normalized spacial score (nSPS) is 12.2. The first kappa shape index (κ1) is 15.3. The van der Waals surface area contributed by atoms with Gasteiger partial charge in [0.05, 0.1) is 0 Å². The van der Waals surface area contributed by atoms with E-state index in [-0.39, 0.29) is 11.9 Å². The number of benzene rings is 2. The molecule has 0 radical (unpaired) electrons. The molecule has 110 valence electrons. The van der Waals surface area contributed by atoms with Gasteiger partial charge in [-0.15, -0.1) is 0 Å². The predicted molar refractivity (Wildman–Crippen MR) is 87.4 cm³/mol. The topological polar surface area (TPSA) is 41.1 Å². The van der Waals surface area contributed by atoms with E-state index in [1.165, 1.54) is 5.56 Å². The van der Waals surface area contributed by atoms with Crippen molar-refractivity contribution in [1.82, 2.24) is 5.32 Å². The Morgan fingerprint density at radius 3 is 2.05 bits per heavy atom. The second kappa shape index (κ2) is 7.04. The number of amides is 1. The molecule has 2 rings (SSSR count). The Morgan fingerprint density at radius 1 is 0.905 bits per heavy atom. The Hall–Kier alpha value is -2.13. The van der Waals surface area contributed by atoms with E-state index in [0.29, 0.717) is 5.92 Å². The lowest BCUT2D eigenvalue weighted by atomic mass is 10.0. The Kier molecular flexibility index (Phi) is 5.12. The number of rotatable bonds is 5. The van der Waals surface area contributed by atoms with E-state index >= 15 is 0 Å². The molecule has 1 amide bonds. The number of hydrogen-bond acceptors (Lipinski definition) is 2. The molecule has 0 aliphatic carbocycles. The van der Waals surface area contributed by atoms with Crippen LogP contribution in [-0.4, -0.2) is 13.0 Å². The number of carbonyl (C=O) groups excluding carboxylic acids is 1. The average Bonchev–Trinajstić information content (AvgIpc) is 2.49. The maximum atomic E-state index is 12.4. The molecule has 0 spiro atoms. The molecule has 1 atom stereocenters. The summed E-state index contributed by atoms with van der Waals surface area (Å²) in [6.07, 6.45) is 0. The second-order valence-corrected chi connectivity index (χ2v) is 5.40.